The number of thioether (sulfide) groups is 1. The first-order valence-corrected chi connectivity index (χ1v) is 10.3. The fourth-order valence-electron chi connectivity index (χ4n) is 3.08. The number of rotatable bonds is 5. The van der Waals surface area contributed by atoms with Gasteiger partial charge in [-0.25, -0.2) is 0 Å². The number of carbonyl (C=O) groups is 2. The summed E-state index contributed by atoms with van der Waals surface area (Å²) in [4.78, 5) is 25.0. The maximum atomic E-state index is 12.7. The number of hydrogen-bond donors (Lipinski definition) is 1. The molecule has 1 aliphatic heterocycles. The van der Waals surface area contributed by atoms with E-state index in [0.717, 1.165) is 15.6 Å². The van der Waals surface area contributed by atoms with E-state index in [9.17, 15) is 14.9 Å². The van der Waals surface area contributed by atoms with E-state index in [1.54, 1.807) is 0 Å². The molecule has 2 aromatic carbocycles. The van der Waals surface area contributed by atoms with Crippen molar-refractivity contribution in [2.45, 2.75) is 11.7 Å². The van der Waals surface area contributed by atoms with Gasteiger partial charge >= 0.3 is 5.97 Å². The predicted molar refractivity (Wildman–Crippen MR) is 111 cm³/mol. The summed E-state index contributed by atoms with van der Waals surface area (Å²) in [6.45, 7) is 0. The first kappa shape index (κ1) is 20.2. The zero-order valence-electron chi connectivity index (χ0n) is 15.0. The first-order chi connectivity index (χ1) is 13.5. The van der Waals surface area contributed by atoms with Crippen LogP contribution >= 0.6 is 27.7 Å². The van der Waals surface area contributed by atoms with Crippen LogP contribution in [0.25, 0.3) is 0 Å². The molecule has 0 saturated carbocycles. The van der Waals surface area contributed by atoms with Crippen LogP contribution in [0.3, 0.4) is 0 Å². The number of carbonyl (C=O) groups excluding carboxylic acids is 2. The lowest BCUT2D eigenvalue weighted by Gasteiger charge is -2.31. The molecule has 1 N–H and O–H groups in total. The normalized spacial score (nSPS) is 19.0. The van der Waals surface area contributed by atoms with Gasteiger partial charge in [-0.1, -0.05) is 58.4 Å². The van der Waals surface area contributed by atoms with Gasteiger partial charge in [0.25, 0.3) is 0 Å². The summed E-state index contributed by atoms with van der Waals surface area (Å²) in [5, 5.41) is 13.1. The molecular formula is C21H17BrN2O3S. The lowest BCUT2D eigenvalue weighted by atomic mass is 9.78. The molecule has 0 aliphatic carbocycles. The SMILES string of the molecule is COC(=O)[C@H]1C(=O)NC(SCc2ccc(Br)cc2)=C(C#N)[C@@H]1c1ccccc1. The highest BCUT2D eigenvalue weighted by atomic mass is 79.9. The molecule has 3 rings (SSSR count). The van der Waals surface area contributed by atoms with Crippen LogP contribution in [-0.2, 0) is 20.1 Å². The van der Waals surface area contributed by atoms with Gasteiger partial charge in [0.1, 0.15) is 5.92 Å². The third kappa shape index (κ3) is 4.29. The summed E-state index contributed by atoms with van der Waals surface area (Å²) in [6.07, 6.45) is 0. The zero-order chi connectivity index (χ0) is 20.1. The first-order valence-electron chi connectivity index (χ1n) is 8.50. The number of allylic oxidation sites excluding steroid dienone is 1. The number of nitriles is 1. The minimum atomic E-state index is -1.10. The summed E-state index contributed by atoms with van der Waals surface area (Å²) in [5.74, 6) is -2.31. The van der Waals surface area contributed by atoms with Crippen molar-refractivity contribution in [3.8, 4) is 6.07 Å². The van der Waals surface area contributed by atoms with Gasteiger partial charge in [0.05, 0.1) is 23.8 Å². The van der Waals surface area contributed by atoms with Crippen LogP contribution in [-0.4, -0.2) is 19.0 Å². The van der Waals surface area contributed by atoms with Crippen molar-refractivity contribution in [1.29, 1.82) is 5.26 Å². The number of methoxy groups -OCH3 is 1. The van der Waals surface area contributed by atoms with Crippen molar-refractivity contribution in [3.05, 3.63) is 80.8 Å². The topological polar surface area (TPSA) is 79.2 Å². The highest BCUT2D eigenvalue weighted by molar-refractivity contribution is 9.10. The second-order valence-corrected chi connectivity index (χ2v) is 8.05. The Morgan fingerprint density at radius 3 is 2.50 bits per heavy atom. The quantitative estimate of drug-likeness (QED) is 0.540. The van der Waals surface area contributed by atoms with Crippen molar-refractivity contribution in [2.24, 2.45) is 5.92 Å². The number of nitrogens with one attached hydrogen (secondary N) is 1. The average Bonchev–Trinajstić information content (AvgIpc) is 2.72. The van der Waals surface area contributed by atoms with Gasteiger partial charge in [-0.3, -0.25) is 9.59 Å². The smallest absolute Gasteiger partial charge is 0.319 e. The number of ether oxygens (including phenoxy) is 1. The molecular weight excluding hydrogens is 440 g/mol. The van der Waals surface area contributed by atoms with Gasteiger partial charge in [-0.2, -0.15) is 5.26 Å². The van der Waals surface area contributed by atoms with Crippen LogP contribution in [0.5, 0.6) is 0 Å². The Morgan fingerprint density at radius 1 is 1.21 bits per heavy atom. The van der Waals surface area contributed by atoms with Crippen molar-refractivity contribution in [2.75, 3.05) is 7.11 Å². The van der Waals surface area contributed by atoms with E-state index in [1.807, 2.05) is 54.6 Å². The highest BCUT2D eigenvalue weighted by Crippen LogP contribution is 2.40. The Hall–Kier alpha value is -2.56. The molecule has 0 saturated heterocycles. The Morgan fingerprint density at radius 2 is 1.89 bits per heavy atom. The van der Waals surface area contributed by atoms with Crippen LogP contribution < -0.4 is 5.32 Å². The Bertz CT molecular complexity index is 952. The molecule has 7 heteroatoms. The molecule has 0 unspecified atom stereocenters. The van der Waals surface area contributed by atoms with Gasteiger partial charge < -0.3 is 10.1 Å². The maximum absolute atomic E-state index is 12.7. The molecule has 0 bridgehead atoms. The van der Waals surface area contributed by atoms with Crippen LogP contribution in [0.1, 0.15) is 17.0 Å². The molecule has 1 heterocycles. The number of nitrogens with zero attached hydrogens (tertiary/aromatic N) is 1. The molecule has 0 spiro atoms. The lowest BCUT2D eigenvalue weighted by Crippen LogP contribution is -2.44. The van der Waals surface area contributed by atoms with Gasteiger partial charge in [-0.05, 0) is 23.3 Å². The summed E-state index contributed by atoms with van der Waals surface area (Å²) >= 11 is 4.77. The van der Waals surface area contributed by atoms with Gasteiger partial charge in [0.15, 0.2) is 0 Å². The van der Waals surface area contributed by atoms with E-state index >= 15 is 0 Å². The molecule has 1 amide bonds. The number of hydrogen-bond acceptors (Lipinski definition) is 5. The van der Waals surface area contributed by atoms with E-state index in [0.29, 0.717) is 16.4 Å². The summed E-state index contributed by atoms with van der Waals surface area (Å²) in [6, 6.07) is 19.1. The molecule has 0 aromatic heterocycles. The molecule has 142 valence electrons. The minimum Gasteiger partial charge on any atom is -0.468 e. The standard InChI is InChI=1S/C21H17BrN2O3S/c1-27-21(26)18-17(14-5-3-2-4-6-14)16(11-23)20(24-19(18)25)28-12-13-7-9-15(22)10-8-13/h2-10,17-18H,12H2,1H3,(H,24,25)/t17-,18+/m0/s1. The third-order valence-corrected chi connectivity index (χ3v) is 6.06. The Balaban J connectivity index is 1.98. The Labute approximate surface area is 175 Å². The summed E-state index contributed by atoms with van der Waals surface area (Å²) in [7, 11) is 1.24. The summed E-state index contributed by atoms with van der Waals surface area (Å²) < 4.78 is 5.82. The van der Waals surface area contributed by atoms with E-state index in [-0.39, 0.29) is 0 Å². The van der Waals surface area contributed by atoms with Gasteiger partial charge in [0.2, 0.25) is 5.91 Å². The van der Waals surface area contributed by atoms with E-state index in [2.05, 4.69) is 27.3 Å². The molecule has 5 nitrogen and oxygen atoms in total. The average molecular weight is 457 g/mol. The minimum absolute atomic E-state index is 0.364. The monoisotopic (exact) mass is 456 g/mol. The molecule has 2 atom stereocenters. The molecule has 1 aliphatic rings. The molecule has 28 heavy (non-hydrogen) atoms. The van der Waals surface area contributed by atoms with Crippen molar-refractivity contribution < 1.29 is 14.3 Å². The lowest BCUT2D eigenvalue weighted by molar-refractivity contribution is -0.150. The van der Waals surface area contributed by atoms with Crippen molar-refractivity contribution >= 4 is 39.6 Å². The third-order valence-electron chi connectivity index (χ3n) is 4.44. The summed E-state index contributed by atoms with van der Waals surface area (Å²) in [5.41, 5.74) is 2.15. The Kier molecular flexibility index (Phi) is 6.55. The van der Waals surface area contributed by atoms with E-state index < -0.39 is 23.7 Å². The number of amides is 1. The van der Waals surface area contributed by atoms with Crippen LogP contribution in [0.15, 0.2) is 69.7 Å². The predicted octanol–water partition coefficient (Wildman–Crippen LogP) is 4.12. The van der Waals surface area contributed by atoms with E-state index in [1.165, 1.54) is 18.9 Å². The van der Waals surface area contributed by atoms with Crippen LogP contribution in [0, 0.1) is 17.2 Å². The highest BCUT2D eigenvalue weighted by Gasteiger charge is 2.44. The second kappa shape index (κ2) is 9.09. The second-order valence-electron chi connectivity index (χ2n) is 6.15. The van der Waals surface area contributed by atoms with Gasteiger partial charge in [-0.15, -0.1) is 11.8 Å². The fraction of sp³-hybridized carbons (Fsp3) is 0.190. The number of benzene rings is 2. The van der Waals surface area contributed by atoms with Crippen molar-refractivity contribution in [1.82, 2.24) is 5.32 Å². The number of halogens is 1. The molecule has 2 aromatic rings. The number of esters is 1. The maximum Gasteiger partial charge on any atom is 0.319 e. The molecule has 0 fully saturated rings. The van der Waals surface area contributed by atoms with Gasteiger partial charge in [0, 0.05) is 16.1 Å². The largest absolute Gasteiger partial charge is 0.468 e. The molecule has 0 radical (unpaired) electrons. The fourth-order valence-corrected chi connectivity index (χ4v) is 4.34. The van der Waals surface area contributed by atoms with Crippen LogP contribution in [0.4, 0.5) is 0 Å². The van der Waals surface area contributed by atoms with Crippen molar-refractivity contribution in [3.63, 3.8) is 0 Å². The van der Waals surface area contributed by atoms with Crippen LogP contribution in [0.2, 0.25) is 0 Å². The van der Waals surface area contributed by atoms with E-state index in [4.69, 9.17) is 4.74 Å². The zero-order valence-corrected chi connectivity index (χ0v) is 17.4.